The van der Waals surface area contributed by atoms with Crippen molar-refractivity contribution in [2.75, 3.05) is 12.3 Å². The predicted octanol–water partition coefficient (Wildman–Crippen LogP) is 1.10. The van der Waals surface area contributed by atoms with Crippen molar-refractivity contribution in [2.24, 2.45) is 0 Å². The van der Waals surface area contributed by atoms with E-state index in [2.05, 4.69) is 5.32 Å². The number of nitrogens with two attached hydrogens (primary N) is 1. The van der Waals surface area contributed by atoms with Gasteiger partial charge in [0.1, 0.15) is 5.00 Å². The number of rotatable bonds is 1. The van der Waals surface area contributed by atoms with Crippen molar-refractivity contribution in [1.82, 2.24) is 5.32 Å². The fourth-order valence-electron chi connectivity index (χ4n) is 1.59. The first-order chi connectivity index (χ1) is 6.20. The summed E-state index contributed by atoms with van der Waals surface area (Å²) >= 11 is 1.38. The molecule has 0 saturated carbocycles. The Bertz CT molecular complexity index is 364. The van der Waals surface area contributed by atoms with E-state index in [4.69, 9.17) is 10.8 Å². The summed E-state index contributed by atoms with van der Waals surface area (Å²) in [4.78, 5) is 11.9. The zero-order valence-corrected chi connectivity index (χ0v) is 9.00. The smallest absolute Gasteiger partial charge is 0.338 e. The van der Waals surface area contributed by atoms with Gasteiger partial charge in [0.15, 0.2) is 0 Å². The summed E-state index contributed by atoms with van der Waals surface area (Å²) in [6.07, 6.45) is 0.769. The number of aromatic carboxylic acids is 1. The summed E-state index contributed by atoms with van der Waals surface area (Å²) in [5.74, 6) is -0.906. The maximum absolute atomic E-state index is 10.9. The largest absolute Gasteiger partial charge is 0.478 e. The molecule has 1 aliphatic rings. The Morgan fingerprint density at radius 3 is 2.93 bits per heavy atom. The third-order valence-electron chi connectivity index (χ3n) is 2.17. The zero-order chi connectivity index (χ0) is 9.42. The number of hydrogen-bond donors (Lipinski definition) is 3. The lowest BCUT2D eigenvalue weighted by atomic mass is 10.0. The minimum Gasteiger partial charge on any atom is -0.478 e. The lowest BCUT2D eigenvalue weighted by molar-refractivity contribution is 0.0697. The van der Waals surface area contributed by atoms with Gasteiger partial charge in [-0.3, -0.25) is 0 Å². The Morgan fingerprint density at radius 1 is 1.57 bits per heavy atom. The molecule has 1 aromatic heterocycles. The van der Waals surface area contributed by atoms with Crippen LogP contribution in [0.25, 0.3) is 0 Å². The van der Waals surface area contributed by atoms with E-state index in [1.54, 1.807) is 0 Å². The first-order valence-electron chi connectivity index (χ1n) is 4.04. The number of carboxylic acid groups (broad SMARTS) is 1. The average Bonchev–Trinajstić information content (AvgIpc) is 2.39. The molecule has 2 heterocycles. The normalized spacial score (nSPS) is 14.3. The van der Waals surface area contributed by atoms with Crippen LogP contribution in [0.4, 0.5) is 5.00 Å². The van der Waals surface area contributed by atoms with Crippen LogP contribution in [0, 0.1) is 0 Å². The molecule has 0 aromatic carbocycles. The molecule has 0 saturated heterocycles. The topological polar surface area (TPSA) is 75.4 Å². The van der Waals surface area contributed by atoms with Crippen LogP contribution < -0.4 is 11.1 Å². The van der Waals surface area contributed by atoms with Gasteiger partial charge in [0.25, 0.3) is 0 Å². The summed E-state index contributed by atoms with van der Waals surface area (Å²) < 4.78 is 0. The number of nitrogens with one attached hydrogen (secondary N) is 1. The standard InChI is InChI=1S/C8H10N2O2S.ClH/c9-7-6(8(11)12)4-1-2-10-3-5(4)13-7;/h10H,1-3,9H2,(H,11,12);1H. The number of thiophene rings is 1. The van der Waals surface area contributed by atoms with E-state index in [-0.39, 0.29) is 12.4 Å². The SMILES string of the molecule is Cl.Nc1sc2c(c1C(=O)O)CCNC2. The minimum absolute atomic E-state index is 0. The number of nitrogen functional groups attached to an aromatic ring is 1. The summed E-state index contributed by atoms with van der Waals surface area (Å²) in [7, 11) is 0. The molecule has 4 N–H and O–H groups in total. The number of carbonyl (C=O) groups is 1. The molecule has 1 aliphatic heterocycles. The Labute approximate surface area is 91.5 Å². The van der Waals surface area contributed by atoms with Crippen molar-refractivity contribution in [3.8, 4) is 0 Å². The molecule has 0 radical (unpaired) electrons. The van der Waals surface area contributed by atoms with Crippen molar-refractivity contribution < 1.29 is 9.90 Å². The van der Waals surface area contributed by atoms with Crippen molar-refractivity contribution in [2.45, 2.75) is 13.0 Å². The highest BCUT2D eigenvalue weighted by atomic mass is 35.5. The highest BCUT2D eigenvalue weighted by Gasteiger charge is 2.23. The highest BCUT2D eigenvalue weighted by molar-refractivity contribution is 7.16. The van der Waals surface area contributed by atoms with Gasteiger partial charge in [-0.05, 0) is 18.5 Å². The molecule has 78 valence electrons. The molecule has 6 heteroatoms. The molecule has 1 aromatic rings. The van der Waals surface area contributed by atoms with Crippen LogP contribution in [0.1, 0.15) is 20.8 Å². The van der Waals surface area contributed by atoms with Crippen LogP contribution in [-0.4, -0.2) is 17.6 Å². The average molecular weight is 235 g/mol. The molecule has 0 spiro atoms. The van der Waals surface area contributed by atoms with Crippen LogP contribution in [0.5, 0.6) is 0 Å². The molecule has 0 unspecified atom stereocenters. The maximum Gasteiger partial charge on any atom is 0.338 e. The molecule has 0 bridgehead atoms. The van der Waals surface area contributed by atoms with Gasteiger partial charge in [0, 0.05) is 11.4 Å². The Kier molecular flexibility index (Phi) is 3.36. The summed E-state index contributed by atoms with van der Waals surface area (Å²) in [5.41, 5.74) is 6.88. The highest BCUT2D eigenvalue weighted by Crippen LogP contribution is 2.32. The van der Waals surface area contributed by atoms with E-state index < -0.39 is 5.97 Å². The Hall–Kier alpha value is -0.780. The van der Waals surface area contributed by atoms with Gasteiger partial charge >= 0.3 is 5.97 Å². The van der Waals surface area contributed by atoms with Crippen LogP contribution in [-0.2, 0) is 13.0 Å². The van der Waals surface area contributed by atoms with Crippen molar-refractivity contribution >= 4 is 34.7 Å². The fourth-order valence-corrected chi connectivity index (χ4v) is 2.67. The lowest BCUT2D eigenvalue weighted by Gasteiger charge is -2.12. The molecular weight excluding hydrogens is 224 g/mol. The quantitative estimate of drug-likeness (QED) is 0.680. The first-order valence-corrected chi connectivity index (χ1v) is 4.86. The third-order valence-corrected chi connectivity index (χ3v) is 3.23. The second-order valence-electron chi connectivity index (χ2n) is 2.97. The second kappa shape index (κ2) is 4.16. The van der Waals surface area contributed by atoms with Gasteiger partial charge in [0.05, 0.1) is 5.56 Å². The van der Waals surface area contributed by atoms with Gasteiger partial charge in [-0.2, -0.15) is 0 Å². The van der Waals surface area contributed by atoms with Crippen molar-refractivity contribution in [1.29, 1.82) is 0 Å². The van der Waals surface area contributed by atoms with E-state index in [0.717, 1.165) is 30.0 Å². The van der Waals surface area contributed by atoms with Crippen LogP contribution >= 0.6 is 23.7 Å². The molecule has 0 amide bonds. The molecule has 0 fully saturated rings. The van der Waals surface area contributed by atoms with Gasteiger partial charge in [0.2, 0.25) is 0 Å². The Morgan fingerprint density at radius 2 is 2.29 bits per heavy atom. The molecular formula is C8H11ClN2O2S. The summed E-state index contributed by atoms with van der Waals surface area (Å²) in [6.45, 7) is 1.58. The Balaban J connectivity index is 0.000000980. The minimum atomic E-state index is -0.906. The fraction of sp³-hybridized carbons (Fsp3) is 0.375. The molecule has 0 aliphatic carbocycles. The number of fused-ring (bicyclic) bond motifs is 1. The van der Waals surface area contributed by atoms with Crippen LogP contribution in [0.2, 0.25) is 0 Å². The summed E-state index contributed by atoms with van der Waals surface area (Å²) in [6, 6.07) is 0. The second-order valence-corrected chi connectivity index (χ2v) is 4.11. The van der Waals surface area contributed by atoms with E-state index in [9.17, 15) is 4.79 Å². The van der Waals surface area contributed by atoms with E-state index in [1.165, 1.54) is 11.3 Å². The molecule has 0 atom stereocenters. The predicted molar refractivity (Wildman–Crippen MR) is 58.3 cm³/mol. The van der Waals surface area contributed by atoms with Crippen LogP contribution in [0.3, 0.4) is 0 Å². The first kappa shape index (κ1) is 11.3. The molecule has 2 rings (SSSR count). The molecule has 4 nitrogen and oxygen atoms in total. The lowest BCUT2D eigenvalue weighted by Crippen LogP contribution is -2.23. The number of anilines is 1. The number of carboxylic acids is 1. The van der Waals surface area contributed by atoms with Gasteiger partial charge < -0.3 is 16.2 Å². The van der Waals surface area contributed by atoms with E-state index in [0.29, 0.717) is 10.6 Å². The van der Waals surface area contributed by atoms with E-state index >= 15 is 0 Å². The summed E-state index contributed by atoms with van der Waals surface area (Å²) in [5, 5.41) is 12.5. The van der Waals surface area contributed by atoms with Crippen LogP contribution in [0.15, 0.2) is 0 Å². The van der Waals surface area contributed by atoms with Crippen molar-refractivity contribution in [3.05, 3.63) is 16.0 Å². The van der Waals surface area contributed by atoms with Gasteiger partial charge in [-0.15, -0.1) is 23.7 Å². The number of halogens is 1. The van der Waals surface area contributed by atoms with Gasteiger partial charge in [-0.25, -0.2) is 4.79 Å². The van der Waals surface area contributed by atoms with Crippen molar-refractivity contribution in [3.63, 3.8) is 0 Å². The zero-order valence-electron chi connectivity index (χ0n) is 7.37. The maximum atomic E-state index is 10.9. The number of hydrogen-bond acceptors (Lipinski definition) is 4. The third kappa shape index (κ3) is 1.70. The molecule has 14 heavy (non-hydrogen) atoms. The monoisotopic (exact) mass is 234 g/mol. The van der Waals surface area contributed by atoms with Gasteiger partial charge in [-0.1, -0.05) is 0 Å². The van der Waals surface area contributed by atoms with E-state index in [1.807, 2.05) is 0 Å².